The SMILES string of the molecule is CN1CNNC1[C@H](C1CCC1)C1CC(n2cc3c(C(F)(F)F)cccn3c2=O)CS1. The zero-order chi connectivity index (χ0) is 21.0. The Morgan fingerprint density at radius 2 is 2.10 bits per heavy atom. The van der Waals surface area contributed by atoms with Crippen molar-refractivity contribution in [3.8, 4) is 0 Å². The maximum atomic E-state index is 13.4. The first-order valence-corrected chi connectivity index (χ1v) is 11.5. The molecule has 3 fully saturated rings. The second-order valence-corrected chi connectivity index (χ2v) is 9.98. The smallest absolute Gasteiger partial charge is 0.294 e. The van der Waals surface area contributed by atoms with Crippen LogP contribution in [0.4, 0.5) is 13.2 Å². The first-order chi connectivity index (χ1) is 14.3. The van der Waals surface area contributed by atoms with Gasteiger partial charge < -0.3 is 0 Å². The predicted octanol–water partition coefficient (Wildman–Crippen LogP) is 2.91. The van der Waals surface area contributed by atoms with Crippen molar-refractivity contribution < 1.29 is 13.2 Å². The molecule has 2 N–H and O–H groups in total. The minimum absolute atomic E-state index is 0.0691. The van der Waals surface area contributed by atoms with E-state index in [1.165, 1.54) is 42.3 Å². The minimum Gasteiger partial charge on any atom is -0.294 e. The molecule has 0 bridgehead atoms. The van der Waals surface area contributed by atoms with Crippen molar-refractivity contribution in [2.45, 2.75) is 49.3 Å². The number of imidazole rings is 1. The number of hydrogen-bond donors (Lipinski definition) is 2. The van der Waals surface area contributed by atoms with Crippen molar-refractivity contribution in [3.05, 3.63) is 40.6 Å². The number of pyridine rings is 1. The van der Waals surface area contributed by atoms with E-state index in [2.05, 4.69) is 22.8 Å². The Labute approximate surface area is 176 Å². The van der Waals surface area contributed by atoms with Gasteiger partial charge in [0.1, 0.15) is 0 Å². The number of fused-ring (bicyclic) bond motifs is 1. The monoisotopic (exact) mass is 441 g/mol. The zero-order valence-electron chi connectivity index (χ0n) is 16.7. The van der Waals surface area contributed by atoms with Gasteiger partial charge >= 0.3 is 11.9 Å². The molecule has 1 aliphatic carbocycles. The van der Waals surface area contributed by atoms with Gasteiger partial charge in [-0.25, -0.2) is 15.6 Å². The number of nitrogens with one attached hydrogen (secondary N) is 2. The molecule has 0 aromatic carbocycles. The molecule has 164 valence electrons. The van der Waals surface area contributed by atoms with E-state index in [4.69, 9.17) is 0 Å². The third-order valence-electron chi connectivity index (χ3n) is 6.97. The van der Waals surface area contributed by atoms with Crippen LogP contribution in [0.2, 0.25) is 0 Å². The van der Waals surface area contributed by atoms with Crippen LogP contribution in [0.25, 0.3) is 5.52 Å². The summed E-state index contributed by atoms with van der Waals surface area (Å²) in [5.41, 5.74) is 5.41. The first kappa shape index (κ1) is 20.4. The van der Waals surface area contributed by atoms with E-state index in [0.29, 0.717) is 17.1 Å². The van der Waals surface area contributed by atoms with Crippen molar-refractivity contribution in [3.63, 3.8) is 0 Å². The number of thioether (sulfide) groups is 1. The van der Waals surface area contributed by atoms with Gasteiger partial charge in [0.25, 0.3) is 0 Å². The van der Waals surface area contributed by atoms with Crippen molar-refractivity contribution in [2.75, 3.05) is 19.5 Å². The zero-order valence-corrected chi connectivity index (χ0v) is 17.5. The fourth-order valence-electron chi connectivity index (χ4n) is 5.20. The van der Waals surface area contributed by atoms with Crippen LogP contribution in [0.1, 0.15) is 37.3 Å². The van der Waals surface area contributed by atoms with Gasteiger partial charge in [0.05, 0.1) is 23.9 Å². The molecule has 5 rings (SSSR count). The van der Waals surface area contributed by atoms with E-state index >= 15 is 0 Å². The third-order valence-corrected chi connectivity index (χ3v) is 8.48. The normalized spacial score (nSPS) is 29.5. The maximum absolute atomic E-state index is 13.4. The Kier molecular flexibility index (Phi) is 5.16. The lowest BCUT2D eigenvalue weighted by molar-refractivity contribution is -0.136. The van der Waals surface area contributed by atoms with Crippen LogP contribution in [-0.4, -0.2) is 44.8 Å². The summed E-state index contributed by atoms with van der Waals surface area (Å²) >= 11 is 1.86. The van der Waals surface area contributed by atoms with Crippen molar-refractivity contribution >= 4 is 17.3 Å². The van der Waals surface area contributed by atoms with Crippen LogP contribution in [0, 0.1) is 11.8 Å². The van der Waals surface area contributed by atoms with E-state index in [1.54, 1.807) is 0 Å². The first-order valence-electron chi connectivity index (χ1n) is 10.4. The second kappa shape index (κ2) is 7.58. The Morgan fingerprint density at radius 1 is 1.30 bits per heavy atom. The molecule has 2 saturated heterocycles. The van der Waals surface area contributed by atoms with Gasteiger partial charge in [0, 0.05) is 35.4 Å². The number of nitrogens with zero attached hydrogens (tertiary/aromatic N) is 3. The standard InChI is InChI=1S/C20H26F3N5OS/c1-26-11-24-25-18(26)17(12-4-2-5-12)16-8-13(10-30-16)28-9-15-14(20(21,22)23)6-3-7-27(15)19(28)29/h3,6-7,9,12-13,16-18,24-25H,2,4-5,8,10-11H2,1H3/t13?,16?,17-,18?/m1/s1. The average molecular weight is 442 g/mol. The van der Waals surface area contributed by atoms with Crippen molar-refractivity contribution in [1.29, 1.82) is 0 Å². The van der Waals surface area contributed by atoms with Crippen molar-refractivity contribution in [1.82, 2.24) is 24.7 Å². The molecule has 4 atom stereocenters. The second-order valence-electron chi connectivity index (χ2n) is 8.70. The quantitative estimate of drug-likeness (QED) is 0.764. The molecule has 2 aliphatic heterocycles. The highest BCUT2D eigenvalue weighted by Gasteiger charge is 2.45. The van der Waals surface area contributed by atoms with Crippen LogP contribution in [-0.2, 0) is 6.18 Å². The molecular formula is C20H26F3N5OS. The molecular weight excluding hydrogens is 415 g/mol. The van der Waals surface area contributed by atoms with Crippen LogP contribution in [0.3, 0.4) is 0 Å². The molecule has 30 heavy (non-hydrogen) atoms. The topological polar surface area (TPSA) is 53.7 Å². The van der Waals surface area contributed by atoms with E-state index in [1.807, 2.05) is 11.8 Å². The Hall–Kier alpha value is -1.49. The Bertz CT molecular complexity index is 985. The summed E-state index contributed by atoms with van der Waals surface area (Å²) in [5.74, 6) is 1.85. The van der Waals surface area contributed by atoms with Crippen LogP contribution in [0.15, 0.2) is 29.3 Å². The summed E-state index contributed by atoms with van der Waals surface area (Å²) in [4.78, 5) is 15.2. The number of halogens is 3. The molecule has 0 amide bonds. The number of alkyl halides is 3. The summed E-state index contributed by atoms with van der Waals surface area (Å²) < 4.78 is 42.9. The lowest BCUT2D eigenvalue weighted by Gasteiger charge is -2.42. The molecule has 2 aromatic rings. The molecule has 6 nitrogen and oxygen atoms in total. The molecule has 1 saturated carbocycles. The van der Waals surface area contributed by atoms with Gasteiger partial charge in [0.2, 0.25) is 0 Å². The van der Waals surface area contributed by atoms with Crippen LogP contribution < -0.4 is 16.5 Å². The lowest BCUT2D eigenvalue weighted by atomic mass is 9.72. The predicted molar refractivity (Wildman–Crippen MR) is 110 cm³/mol. The molecule has 3 unspecified atom stereocenters. The van der Waals surface area contributed by atoms with E-state index < -0.39 is 11.7 Å². The Morgan fingerprint density at radius 3 is 2.73 bits per heavy atom. The van der Waals surface area contributed by atoms with E-state index in [-0.39, 0.29) is 23.4 Å². The van der Waals surface area contributed by atoms with E-state index in [0.717, 1.165) is 29.3 Å². The maximum Gasteiger partial charge on any atom is 0.418 e. The highest BCUT2D eigenvalue weighted by atomic mass is 32.2. The minimum atomic E-state index is -4.49. The fraction of sp³-hybridized carbons (Fsp3) is 0.650. The van der Waals surface area contributed by atoms with Gasteiger partial charge in [-0.1, -0.05) is 19.3 Å². The molecule has 4 heterocycles. The van der Waals surface area contributed by atoms with Gasteiger partial charge in [-0.05, 0) is 31.5 Å². The Balaban J connectivity index is 1.43. The summed E-state index contributed by atoms with van der Waals surface area (Å²) in [5, 5.41) is 0.372. The molecule has 0 radical (unpaired) electrons. The molecule has 0 spiro atoms. The number of rotatable bonds is 4. The highest BCUT2D eigenvalue weighted by molar-refractivity contribution is 8.00. The van der Waals surface area contributed by atoms with Gasteiger partial charge in [0.15, 0.2) is 0 Å². The molecule has 3 aliphatic rings. The largest absolute Gasteiger partial charge is 0.418 e. The summed E-state index contributed by atoms with van der Waals surface area (Å²) in [6.07, 6.45) is 3.09. The summed E-state index contributed by atoms with van der Waals surface area (Å²) in [6.45, 7) is 0.791. The van der Waals surface area contributed by atoms with Crippen LogP contribution >= 0.6 is 11.8 Å². The number of hydrazine groups is 1. The fourth-order valence-corrected chi connectivity index (χ4v) is 6.91. The third kappa shape index (κ3) is 3.37. The van der Waals surface area contributed by atoms with E-state index in [9.17, 15) is 18.0 Å². The summed E-state index contributed by atoms with van der Waals surface area (Å²) in [6, 6.07) is 2.23. The van der Waals surface area contributed by atoms with Gasteiger partial charge in [-0.15, -0.1) is 0 Å². The number of hydrogen-bond acceptors (Lipinski definition) is 5. The number of aromatic nitrogens is 2. The van der Waals surface area contributed by atoms with Crippen LogP contribution in [0.5, 0.6) is 0 Å². The molecule has 10 heteroatoms. The van der Waals surface area contributed by atoms with Crippen molar-refractivity contribution in [2.24, 2.45) is 11.8 Å². The summed E-state index contributed by atoms with van der Waals surface area (Å²) in [7, 11) is 2.10. The lowest BCUT2D eigenvalue weighted by Crippen LogP contribution is -2.49. The highest BCUT2D eigenvalue weighted by Crippen LogP contribution is 2.47. The van der Waals surface area contributed by atoms with Gasteiger partial charge in [-0.3, -0.25) is 13.9 Å². The molecule has 2 aromatic heterocycles. The average Bonchev–Trinajstić information content (AvgIpc) is 3.36. The van der Waals surface area contributed by atoms with Gasteiger partial charge in [-0.2, -0.15) is 24.9 Å².